The van der Waals surface area contributed by atoms with Crippen molar-refractivity contribution in [2.75, 3.05) is 13.1 Å². The molecule has 3 heteroatoms. The van der Waals surface area contributed by atoms with Gasteiger partial charge in [0, 0.05) is 6.54 Å². The summed E-state index contributed by atoms with van der Waals surface area (Å²) in [5, 5.41) is 12.0. The molecule has 1 fully saturated rings. The average molecular weight is 450 g/mol. The van der Waals surface area contributed by atoms with Crippen molar-refractivity contribution in [3.05, 3.63) is 107 Å². The smallest absolute Gasteiger partial charge is 0.117 e. The highest BCUT2D eigenvalue weighted by molar-refractivity contribution is 5.85. The van der Waals surface area contributed by atoms with Crippen LogP contribution < -0.4 is 0 Å². The van der Waals surface area contributed by atoms with Crippen molar-refractivity contribution in [1.29, 1.82) is 0 Å². The van der Waals surface area contributed by atoms with Crippen LogP contribution in [0, 0.1) is 5.92 Å². The number of hydrogen-bond donors (Lipinski definition) is 1. The average Bonchev–Trinajstić information content (AvgIpc) is 2.80. The zero-order valence-corrected chi connectivity index (χ0v) is 20.3. The lowest BCUT2D eigenvalue weighted by Crippen LogP contribution is -2.44. The van der Waals surface area contributed by atoms with Crippen molar-refractivity contribution in [3.63, 3.8) is 0 Å². The lowest BCUT2D eigenvalue weighted by atomic mass is 9.72. The van der Waals surface area contributed by atoms with Gasteiger partial charge in [-0.25, -0.2) is 0 Å². The van der Waals surface area contributed by atoms with Crippen LogP contribution in [-0.2, 0) is 17.6 Å². The Morgan fingerprint density at radius 2 is 1.19 bits per heavy atom. The molecule has 0 unspecified atom stereocenters. The molecule has 0 amide bonds. The maximum atomic E-state index is 12.0. The lowest BCUT2D eigenvalue weighted by Gasteiger charge is -2.42. The normalized spacial score (nSPS) is 15.9. The molecule has 1 heterocycles. The van der Waals surface area contributed by atoms with Crippen LogP contribution in [0.1, 0.15) is 55.9 Å². The molecular formula is C29H36ClNO. The van der Waals surface area contributed by atoms with E-state index in [1.165, 1.54) is 11.1 Å². The standard InChI is InChI=1S/C29H35NO.ClH/c1-28(2,3)24-16-14-23(15-17-24)22-30-20-18-27(19-21-30)29(31,25-10-6-4-7-11-25)26-12-8-5-9-13-26;/h4-17,27,31H,18-22H2,1-3H3;1H. The molecule has 1 aliphatic rings. The fraction of sp³-hybridized carbons (Fsp3) is 0.379. The number of hydrogen-bond acceptors (Lipinski definition) is 2. The summed E-state index contributed by atoms with van der Waals surface area (Å²) in [6.45, 7) is 9.77. The van der Waals surface area contributed by atoms with Gasteiger partial charge in [0.05, 0.1) is 0 Å². The molecule has 3 aromatic rings. The van der Waals surface area contributed by atoms with Crippen molar-refractivity contribution in [2.24, 2.45) is 5.92 Å². The third-order valence-corrected chi connectivity index (χ3v) is 6.83. The molecular weight excluding hydrogens is 414 g/mol. The molecule has 0 atom stereocenters. The quantitative estimate of drug-likeness (QED) is 0.477. The zero-order chi connectivity index (χ0) is 21.9. The number of nitrogens with zero attached hydrogens (tertiary/aromatic N) is 1. The van der Waals surface area contributed by atoms with E-state index in [-0.39, 0.29) is 23.7 Å². The third-order valence-electron chi connectivity index (χ3n) is 6.83. The Hall–Kier alpha value is -2.13. The van der Waals surface area contributed by atoms with Crippen molar-refractivity contribution < 1.29 is 5.11 Å². The van der Waals surface area contributed by atoms with Crippen LogP contribution in [0.5, 0.6) is 0 Å². The molecule has 4 rings (SSSR count). The van der Waals surface area contributed by atoms with Gasteiger partial charge in [-0.3, -0.25) is 4.90 Å². The summed E-state index contributed by atoms with van der Waals surface area (Å²) in [6.07, 6.45) is 1.97. The van der Waals surface area contributed by atoms with Gasteiger partial charge in [-0.15, -0.1) is 12.4 Å². The molecule has 32 heavy (non-hydrogen) atoms. The lowest BCUT2D eigenvalue weighted by molar-refractivity contribution is -0.0152. The van der Waals surface area contributed by atoms with E-state index in [0.29, 0.717) is 0 Å². The van der Waals surface area contributed by atoms with Crippen LogP contribution in [0.4, 0.5) is 0 Å². The molecule has 2 nitrogen and oxygen atoms in total. The minimum atomic E-state index is -0.942. The highest BCUT2D eigenvalue weighted by atomic mass is 35.5. The van der Waals surface area contributed by atoms with E-state index in [1.54, 1.807) is 0 Å². The van der Waals surface area contributed by atoms with Gasteiger partial charge in [-0.1, -0.05) is 106 Å². The van der Waals surface area contributed by atoms with Crippen molar-refractivity contribution in [1.82, 2.24) is 4.90 Å². The van der Waals surface area contributed by atoms with E-state index in [0.717, 1.165) is 43.6 Å². The summed E-state index contributed by atoms with van der Waals surface area (Å²) in [5.41, 5.74) is 3.99. The second-order valence-corrected chi connectivity index (χ2v) is 10.00. The first-order valence-corrected chi connectivity index (χ1v) is 11.5. The van der Waals surface area contributed by atoms with Crippen LogP contribution in [0.2, 0.25) is 0 Å². The first-order chi connectivity index (χ1) is 14.9. The van der Waals surface area contributed by atoms with Crippen LogP contribution >= 0.6 is 12.4 Å². The van der Waals surface area contributed by atoms with Gasteiger partial charge in [-0.2, -0.15) is 0 Å². The topological polar surface area (TPSA) is 23.5 Å². The molecule has 1 saturated heterocycles. The van der Waals surface area contributed by atoms with Crippen LogP contribution in [0.15, 0.2) is 84.9 Å². The minimum Gasteiger partial charge on any atom is -0.380 e. The van der Waals surface area contributed by atoms with Gasteiger partial charge in [-0.05, 0) is 59.5 Å². The second kappa shape index (κ2) is 10.2. The fourth-order valence-corrected chi connectivity index (χ4v) is 4.90. The number of likely N-dealkylation sites (tertiary alicyclic amines) is 1. The maximum absolute atomic E-state index is 12.0. The van der Waals surface area contributed by atoms with Crippen molar-refractivity contribution in [3.8, 4) is 0 Å². The van der Waals surface area contributed by atoms with E-state index in [9.17, 15) is 5.11 Å². The molecule has 0 radical (unpaired) electrons. The van der Waals surface area contributed by atoms with Gasteiger partial charge in [0.2, 0.25) is 0 Å². The van der Waals surface area contributed by atoms with Gasteiger partial charge >= 0.3 is 0 Å². The number of benzene rings is 3. The Kier molecular flexibility index (Phi) is 7.82. The van der Waals surface area contributed by atoms with Gasteiger partial charge in [0.1, 0.15) is 5.60 Å². The predicted molar refractivity (Wildman–Crippen MR) is 136 cm³/mol. The molecule has 1 aliphatic heterocycles. The Labute approximate surface area is 199 Å². The summed E-state index contributed by atoms with van der Waals surface area (Å²) >= 11 is 0. The molecule has 0 saturated carbocycles. The molecule has 0 spiro atoms. The van der Waals surface area contributed by atoms with Gasteiger partial charge < -0.3 is 5.11 Å². The number of halogens is 1. The molecule has 3 aromatic carbocycles. The fourth-order valence-electron chi connectivity index (χ4n) is 4.90. The number of rotatable bonds is 5. The van der Waals surface area contributed by atoms with Crippen LogP contribution in [0.3, 0.4) is 0 Å². The van der Waals surface area contributed by atoms with Crippen LogP contribution in [0.25, 0.3) is 0 Å². The first kappa shape index (κ1) is 24.5. The highest BCUT2D eigenvalue weighted by Crippen LogP contribution is 2.42. The molecule has 0 bridgehead atoms. The van der Waals surface area contributed by atoms with Gasteiger partial charge in [0.25, 0.3) is 0 Å². The Bertz CT molecular complexity index is 916. The Balaban J connectivity index is 0.00000289. The summed E-state index contributed by atoms with van der Waals surface area (Å²) in [7, 11) is 0. The highest BCUT2D eigenvalue weighted by Gasteiger charge is 2.41. The second-order valence-electron chi connectivity index (χ2n) is 10.00. The number of aliphatic hydroxyl groups is 1. The Morgan fingerprint density at radius 3 is 1.62 bits per heavy atom. The third kappa shape index (κ3) is 5.26. The summed E-state index contributed by atoms with van der Waals surface area (Å²) in [4.78, 5) is 2.53. The molecule has 170 valence electrons. The minimum absolute atomic E-state index is 0. The monoisotopic (exact) mass is 449 g/mol. The summed E-state index contributed by atoms with van der Waals surface area (Å²) in [6, 6.07) is 29.5. The van der Waals surface area contributed by atoms with E-state index in [2.05, 4.69) is 74.2 Å². The SMILES string of the molecule is CC(C)(C)c1ccc(CN2CCC(C(O)(c3ccccc3)c3ccccc3)CC2)cc1.Cl. The maximum Gasteiger partial charge on any atom is 0.117 e. The molecule has 1 N–H and O–H groups in total. The van der Waals surface area contributed by atoms with Crippen LogP contribution in [-0.4, -0.2) is 23.1 Å². The summed E-state index contributed by atoms with van der Waals surface area (Å²) < 4.78 is 0. The Morgan fingerprint density at radius 1 is 0.719 bits per heavy atom. The van der Waals surface area contributed by atoms with Crippen molar-refractivity contribution in [2.45, 2.75) is 51.2 Å². The number of piperidine rings is 1. The largest absolute Gasteiger partial charge is 0.380 e. The van der Waals surface area contributed by atoms with Gasteiger partial charge in [0.15, 0.2) is 0 Å². The van der Waals surface area contributed by atoms with E-state index in [4.69, 9.17) is 0 Å². The summed E-state index contributed by atoms with van der Waals surface area (Å²) in [5.74, 6) is 0.205. The zero-order valence-electron chi connectivity index (χ0n) is 19.5. The predicted octanol–water partition coefficient (Wildman–Crippen LogP) is 6.55. The van der Waals surface area contributed by atoms with E-state index >= 15 is 0 Å². The first-order valence-electron chi connectivity index (χ1n) is 11.5. The van der Waals surface area contributed by atoms with E-state index in [1.807, 2.05) is 36.4 Å². The molecule has 0 aromatic heterocycles. The molecule has 0 aliphatic carbocycles. The van der Waals surface area contributed by atoms with E-state index < -0.39 is 5.60 Å². The van der Waals surface area contributed by atoms with Crippen molar-refractivity contribution >= 4 is 12.4 Å².